The zero-order valence-electron chi connectivity index (χ0n) is 12.5. The van der Waals surface area contributed by atoms with Crippen LogP contribution in [0, 0.1) is 6.92 Å². The average molecular weight is 320 g/mol. The third kappa shape index (κ3) is 3.71. The number of phenols is 1. The van der Waals surface area contributed by atoms with E-state index in [1.807, 2.05) is 26.0 Å². The van der Waals surface area contributed by atoms with Crippen LogP contribution in [0.2, 0.25) is 5.02 Å². The Labute approximate surface area is 134 Å². The number of nitrogens with one attached hydrogen (secondary N) is 1. The first-order valence-electron chi connectivity index (χ1n) is 7.07. The molecule has 2 aromatic rings. The number of carbonyl (C=O) groups excluding carboxylic acids is 1. The largest absolute Gasteiger partial charge is 0.507 e. The van der Waals surface area contributed by atoms with E-state index in [0.29, 0.717) is 23.1 Å². The van der Waals surface area contributed by atoms with E-state index in [1.54, 1.807) is 12.1 Å². The Morgan fingerprint density at radius 1 is 1.32 bits per heavy atom. The molecule has 4 nitrogen and oxygen atoms in total. The fourth-order valence-electron chi connectivity index (χ4n) is 1.96. The summed E-state index contributed by atoms with van der Waals surface area (Å²) in [7, 11) is 0. The van der Waals surface area contributed by atoms with Crippen molar-refractivity contribution in [3.8, 4) is 17.2 Å². The number of aryl methyl sites for hydroxylation is 1. The van der Waals surface area contributed by atoms with Gasteiger partial charge in [-0.2, -0.15) is 0 Å². The highest BCUT2D eigenvalue weighted by atomic mass is 35.5. The van der Waals surface area contributed by atoms with Crippen LogP contribution in [0.25, 0.3) is 0 Å². The number of para-hydroxylation sites is 1. The Morgan fingerprint density at radius 2 is 2.09 bits per heavy atom. The molecular weight excluding hydrogens is 302 g/mol. The highest BCUT2D eigenvalue weighted by Crippen LogP contribution is 2.34. The van der Waals surface area contributed by atoms with Crippen molar-refractivity contribution in [1.29, 1.82) is 0 Å². The molecule has 0 aliphatic carbocycles. The van der Waals surface area contributed by atoms with Crippen LogP contribution in [-0.4, -0.2) is 17.6 Å². The summed E-state index contributed by atoms with van der Waals surface area (Å²) in [5.41, 5.74) is 1.06. The number of halogens is 1. The lowest BCUT2D eigenvalue weighted by molar-refractivity contribution is 0.0950. The minimum absolute atomic E-state index is 0.0863. The molecule has 2 rings (SSSR count). The molecule has 1 amide bonds. The van der Waals surface area contributed by atoms with Crippen molar-refractivity contribution < 1.29 is 14.6 Å². The molecule has 0 fully saturated rings. The molecule has 0 saturated heterocycles. The summed E-state index contributed by atoms with van der Waals surface area (Å²) in [4.78, 5) is 12.0. The molecule has 2 N–H and O–H groups in total. The van der Waals surface area contributed by atoms with E-state index in [2.05, 4.69) is 5.32 Å². The van der Waals surface area contributed by atoms with Crippen LogP contribution < -0.4 is 10.1 Å². The summed E-state index contributed by atoms with van der Waals surface area (Å²) in [5, 5.41) is 13.1. The quantitative estimate of drug-likeness (QED) is 0.864. The van der Waals surface area contributed by atoms with Gasteiger partial charge in [0.1, 0.15) is 17.2 Å². The first kappa shape index (κ1) is 16.2. The van der Waals surface area contributed by atoms with Crippen LogP contribution >= 0.6 is 11.6 Å². The molecule has 2 aromatic carbocycles. The molecule has 0 heterocycles. The second kappa shape index (κ2) is 7.18. The maximum atomic E-state index is 12.0. The maximum absolute atomic E-state index is 12.0. The normalized spacial score (nSPS) is 10.3. The van der Waals surface area contributed by atoms with Gasteiger partial charge in [0.25, 0.3) is 5.91 Å². The Kier molecular flexibility index (Phi) is 5.28. The molecule has 0 spiro atoms. The monoisotopic (exact) mass is 319 g/mol. The van der Waals surface area contributed by atoms with E-state index in [-0.39, 0.29) is 17.2 Å². The second-order valence-electron chi connectivity index (χ2n) is 4.92. The number of benzene rings is 2. The molecule has 116 valence electrons. The van der Waals surface area contributed by atoms with Crippen molar-refractivity contribution in [3.63, 3.8) is 0 Å². The molecule has 0 radical (unpaired) electrons. The minimum Gasteiger partial charge on any atom is -0.507 e. The average Bonchev–Trinajstić information content (AvgIpc) is 2.50. The molecular formula is C17H18ClNO3. The van der Waals surface area contributed by atoms with Gasteiger partial charge in [-0.25, -0.2) is 0 Å². The maximum Gasteiger partial charge on any atom is 0.255 e. The van der Waals surface area contributed by atoms with Crippen molar-refractivity contribution in [2.75, 3.05) is 6.54 Å². The van der Waals surface area contributed by atoms with Crippen molar-refractivity contribution in [3.05, 3.63) is 52.5 Å². The lowest BCUT2D eigenvalue weighted by atomic mass is 10.1. The number of hydrogen-bond donors (Lipinski definition) is 2. The summed E-state index contributed by atoms with van der Waals surface area (Å²) in [5.74, 6) is 0.558. The van der Waals surface area contributed by atoms with Crippen LogP contribution in [0.3, 0.4) is 0 Å². The second-order valence-corrected chi connectivity index (χ2v) is 5.33. The van der Waals surface area contributed by atoms with E-state index in [9.17, 15) is 9.90 Å². The van der Waals surface area contributed by atoms with Crippen LogP contribution in [0.4, 0.5) is 0 Å². The summed E-state index contributed by atoms with van der Waals surface area (Å²) in [6.07, 6.45) is 0.821. The van der Waals surface area contributed by atoms with Crippen molar-refractivity contribution in [2.24, 2.45) is 0 Å². The topological polar surface area (TPSA) is 58.6 Å². The number of aromatic hydroxyl groups is 1. The van der Waals surface area contributed by atoms with Crippen molar-refractivity contribution in [2.45, 2.75) is 20.3 Å². The van der Waals surface area contributed by atoms with Gasteiger partial charge in [0.05, 0.1) is 10.6 Å². The van der Waals surface area contributed by atoms with Gasteiger partial charge in [-0.05, 0) is 43.2 Å². The summed E-state index contributed by atoms with van der Waals surface area (Å²) >= 11 is 6.13. The van der Waals surface area contributed by atoms with Gasteiger partial charge in [-0.3, -0.25) is 4.79 Å². The van der Waals surface area contributed by atoms with E-state index in [0.717, 1.165) is 12.0 Å². The fraction of sp³-hybridized carbons (Fsp3) is 0.235. The Balaban J connectivity index is 2.28. The predicted octanol–water partition coefficient (Wildman–Crippen LogP) is 4.29. The van der Waals surface area contributed by atoms with Gasteiger partial charge >= 0.3 is 0 Å². The Morgan fingerprint density at radius 3 is 2.77 bits per heavy atom. The first-order chi connectivity index (χ1) is 10.5. The van der Waals surface area contributed by atoms with E-state index in [1.165, 1.54) is 12.1 Å². The van der Waals surface area contributed by atoms with Gasteiger partial charge in [0, 0.05) is 6.54 Å². The van der Waals surface area contributed by atoms with E-state index < -0.39 is 0 Å². The Hall–Kier alpha value is -2.20. The SMILES string of the molecule is CCCNC(=O)c1cc(Oc2c(C)cccc2Cl)ccc1O. The summed E-state index contributed by atoms with van der Waals surface area (Å²) in [6.45, 7) is 4.39. The Bertz CT molecular complexity index is 665. The van der Waals surface area contributed by atoms with Crippen LogP contribution in [0.5, 0.6) is 17.2 Å². The highest BCUT2D eigenvalue weighted by molar-refractivity contribution is 6.32. The van der Waals surface area contributed by atoms with Crippen molar-refractivity contribution >= 4 is 17.5 Å². The van der Waals surface area contributed by atoms with Gasteiger partial charge < -0.3 is 15.2 Å². The number of carbonyl (C=O) groups is 1. The number of hydrogen-bond acceptors (Lipinski definition) is 3. The number of amides is 1. The number of phenolic OH excluding ortho intramolecular Hbond substituents is 1. The number of ether oxygens (including phenoxy) is 1. The standard InChI is InChI=1S/C17H18ClNO3/c1-3-9-19-17(21)13-10-12(7-8-15(13)20)22-16-11(2)5-4-6-14(16)18/h4-8,10,20H,3,9H2,1-2H3,(H,19,21). The molecule has 22 heavy (non-hydrogen) atoms. The van der Waals surface area contributed by atoms with Crippen LogP contribution in [0.15, 0.2) is 36.4 Å². The smallest absolute Gasteiger partial charge is 0.255 e. The minimum atomic E-state index is -0.333. The third-order valence-electron chi connectivity index (χ3n) is 3.13. The van der Waals surface area contributed by atoms with Gasteiger partial charge in [-0.15, -0.1) is 0 Å². The summed E-state index contributed by atoms with van der Waals surface area (Å²) in [6, 6.07) is 9.99. The summed E-state index contributed by atoms with van der Waals surface area (Å²) < 4.78 is 5.77. The molecule has 5 heteroatoms. The lowest BCUT2D eigenvalue weighted by Gasteiger charge is -2.12. The number of rotatable bonds is 5. The van der Waals surface area contributed by atoms with Gasteiger partial charge in [0.2, 0.25) is 0 Å². The van der Waals surface area contributed by atoms with Gasteiger partial charge in [0.15, 0.2) is 0 Å². The molecule has 0 bridgehead atoms. The zero-order valence-corrected chi connectivity index (χ0v) is 13.3. The predicted molar refractivity (Wildman–Crippen MR) is 87.0 cm³/mol. The van der Waals surface area contributed by atoms with E-state index in [4.69, 9.17) is 16.3 Å². The molecule has 0 aliphatic heterocycles. The lowest BCUT2D eigenvalue weighted by Crippen LogP contribution is -2.24. The molecule has 0 unspecified atom stereocenters. The van der Waals surface area contributed by atoms with E-state index >= 15 is 0 Å². The van der Waals surface area contributed by atoms with Crippen molar-refractivity contribution in [1.82, 2.24) is 5.32 Å². The van der Waals surface area contributed by atoms with Gasteiger partial charge in [-0.1, -0.05) is 30.7 Å². The molecule has 0 saturated carbocycles. The molecule has 0 aromatic heterocycles. The highest BCUT2D eigenvalue weighted by Gasteiger charge is 2.13. The molecule has 0 atom stereocenters. The van der Waals surface area contributed by atoms with Crippen LogP contribution in [0.1, 0.15) is 29.3 Å². The third-order valence-corrected chi connectivity index (χ3v) is 3.43. The first-order valence-corrected chi connectivity index (χ1v) is 7.45. The molecule has 0 aliphatic rings. The van der Waals surface area contributed by atoms with Crippen LogP contribution in [-0.2, 0) is 0 Å². The fourth-order valence-corrected chi connectivity index (χ4v) is 2.22. The zero-order chi connectivity index (χ0) is 16.1.